The van der Waals surface area contributed by atoms with Crippen molar-refractivity contribution in [2.24, 2.45) is 0 Å². The summed E-state index contributed by atoms with van der Waals surface area (Å²) in [5.74, 6) is 1.02. The van der Waals surface area contributed by atoms with Crippen LogP contribution in [0, 0.1) is 0 Å². The summed E-state index contributed by atoms with van der Waals surface area (Å²) in [5, 5.41) is 4.96. The van der Waals surface area contributed by atoms with E-state index in [-0.39, 0.29) is 18.1 Å². The summed E-state index contributed by atoms with van der Waals surface area (Å²) in [6.45, 7) is 4.39. The molecular formula is C18H20N2O4. The normalized spacial score (nSPS) is 19.9. The Morgan fingerprint density at radius 2 is 2.25 bits per heavy atom. The SMILES string of the molecule is C=Cc1cc2c(O[C@H]3CN[C@H](C(=O)OC)C3)nccc2cc1OC. The Kier molecular flexibility index (Phi) is 4.66. The lowest BCUT2D eigenvalue weighted by molar-refractivity contribution is -0.142. The molecule has 2 atom stereocenters. The predicted molar refractivity (Wildman–Crippen MR) is 91.2 cm³/mol. The Bertz CT molecular complexity index is 775. The molecule has 1 aliphatic heterocycles. The van der Waals surface area contributed by atoms with Crippen molar-refractivity contribution >= 4 is 22.8 Å². The number of ether oxygens (including phenoxy) is 3. The van der Waals surface area contributed by atoms with Crippen LogP contribution < -0.4 is 14.8 Å². The van der Waals surface area contributed by atoms with E-state index in [1.165, 1.54) is 7.11 Å². The molecule has 1 aromatic heterocycles. The van der Waals surface area contributed by atoms with Crippen LogP contribution >= 0.6 is 0 Å². The number of nitrogens with zero attached hydrogens (tertiary/aromatic N) is 1. The number of carbonyl (C=O) groups is 1. The number of fused-ring (bicyclic) bond motifs is 1. The first-order chi connectivity index (χ1) is 11.7. The van der Waals surface area contributed by atoms with Gasteiger partial charge in [0.1, 0.15) is 17.9 Å². The molecular weight excluding hydrogens is 308 g/mol. The van der Waals surface area contributed by atoms with Gasteiger partial charge >= 0.3 is 5.97 Å². The van der Waals surface area contributed by atoms with Gasteiger partial charge in [0, 0.05) is 30.1 Å². The lowest BCUT2D eigenvalue weighted by Gasteiger charge is -2.15. The summed E-state index contributed by atoms with van der Waals surface area (Å²) >= 11 is 0. The number of pyridine rings is 1. The fourth-order valence-electron chi connectivity index (χ4n) is 2.89. The van der Waals surface area contributed by atoms with Gasteiger partial charge in [0.25, 0.3) is 0 Å². The Hall–Kier alpha value is -2.60. The van der Waals surface area contributed by atoms with Crippen LogP contribution in [0.25, 0.3) is 16.8 Å². The summed E-state index contributed by atoms with van der Waals surface area (Å²) in [6.07, 6.45) is 3.85. The van der Waals surface area contributed by atoms with Crippen molar-refractivity contribution in [1.29, 1.82) is 0 Å². The standard InChI is InChI=1S/C18H20N2O4/c1-4-11-7-14-12(8-16(11)22-2)5-6-19-17(14)24-13-9-15(20-10-13)18(21)23-3/h4-8,13,15,20H,1,9-10H2,2-3H3/t13-,15+/m1/s1. The molecule has 3 rings (SSSR count). The summed E-state index contributed by atoms with van der Waals surface area (Å²) in [7, 11) is 3.01. The molecule has 0 amide bonds. The van der Waals surface area contributed by atoms with Crippen LogP contribution in [0.2, 0.25) is 0 Å². The maximum Gasteiger partial charge on any atom is 0.323 e. The zero-order valence-electron chi connectivity index (χ0n) is 13.7. The minimum Gasteiger partial charge on any atom is -0.496 e. The lowest BCUT2D eigenvalue weighted by Crippen LogP contribution is -2.31. The largest absolute Gasteiger partial charge is 0.496 e. The number of hydrogen-bond acceptors (Lipinski definition) is 6. The highest BCUT2D eigenvalue weighted by Gasteiger charge is 2.31. The van der Waals surface area contributed by atoms with E-state index in [1.54, 1.807) is 19.4 Å². The quantitative estimate of drug-likeness (QED) is 0.848. The number of hydrogen-bond donors (Lipinski definition) is 1. The van der Waals surface area contributed by atoms with Gasteiger partial charge in [-0.2, -0.15) is 0 Å². The fourth-order valence-corrected chi connectivity index (χ4v) is 2.89. The molecule has 2 heterocycles. The lowest BCUT2D eigenvalue weighted by atomic mass is 10.1. The third-order valence-corrected chi connectivity index (χ3v) is 4.15. The number of esters is 1. The molecule has 0 unspecified atom stereocenters. The van der Waals surface area contributed by atoms with E-state index in [2.05, 4.69) is 16.9 Å². The molecule has 0 bridgehead atoms. The topological polar surface area (TPSA) is 69.7 Å². The Morgan fingerprint density at radius 3 is 2.96 bits per heavy atom. The van der Waals surface area contributed by atoms with Crippen LogP contribution in [-0.4, -0.2) is 43.9 Å². The molecule has 0 radical (unpaired) electrons. The first-order valence-electron chi connectivity index (χ1n) is 7.73. The molecule has 6 nitrogen and oxygen atoms in total. The van der Waals surface area contributed by atoms with Crippen molar-refractivity contribution < 1.29 is 19.0 Å². The third kappa shape index (κ3) is 3.05. The van der Waals surface area contributed by atoms with E-state index < -0.39 is 0 Å². The third-order valence-electron chi connectivity index (χ3n) is 4.15. The highest BCUT2D eigenvalue weighted by Crippen LogP contribution is 2.32. The van der Waals surface area contributed by atoms with Crippen LogP contribution in [0.3, 0.4) is 0 Å². The molecule has 1 saturated heterocycles. The van der Waals surface area contributed by atoms with Crippen molar-refractivity contribution in [2.75, 3.05) is 20.8 Å². The number of aromatic nitrogens is 1. The second-order valence-corrected chi connectivity index (χ2v) is 5.60. The van der Waals surface area contributed by atoms with Gasteiger partial charge in [0.05, 0.1) is 14.2 Å². The van der Waals surface area contributed by atoms with Gasteiger partial charge in [0.15, 0.2) is 0 Å². The summed E-state index contributed by atoms with van der Waals surface area (Å²) in [4.78, 5) is 15.9. The smallest absolute Gasteiger partial charge is 0.323 e. The molecule has 0 aliphatic carbocycles. The van der Waals surface area contributed by atoms with Gasteiger partial charge in [-0.25, -0.2) is 4.98 Å². The molecule has 2 aromatic rings. The highest BCUT2D eigenvalue weighted by molar-refractivity contribution is 5.90. The summed E-state index contributed by atoms with van der Waals surface area (Å²) < 4.78 is 16.2. The Labute approximate surface area is 140 Å². The maximum absolute atomic E-state index is 11.6. The monoisotopic (exact) mass is 328 g/mol. The van der Waals surface area contributed by atoms with Crippen LogP contribution in [0.5, 0.6) is 11.6 Å². The average Bonchev–Trinajstić information content (AvgIpc) is 3.08. The molecule has 1 N–H and O–H groups in total. The number of nitrogens with one attached hydrogen (secondary N) is 1. The van der Waals surface area contributed by atoms with Gasteiger partial charge < -0.3 is 19.5 Å². The fraction of sp³-hybridized carbons (Fsp3) is 0.333. The van der Waals surface area contributed by atoms with E-state index >= 15 is 0 Å². The van der Waals surface area contributed by atoms with Crippen LogP contribution in [0.15, 0.2) is 31.0 Å². The number of methoxy groups -OCH3 is 2. The van der Waals surface area contributed by atoms with Crippen LogP contribution in [-0.2, 0) is 9.53 Å². The van der Waals surface area contributed by atoms with Crippen molar-refractivity contribution in [2.45, 2.75) is 18.6 Å². The second-order valence-electron chi connectivity index (χ2n) is 5.60. The number of benzene rings is 1. The molecule has 6 heteroatoms. The zero-order chi connectivity index (χ0) is 17.1. The minimum atomic E-state index is -0.334. The van der Waals surface area contributed by atoms with Gasteiger partial charge in [-0.05, 0) is 23.6 Å². The minimum absolute atomic E-state index is 0.138. The molecule has 1 aliphatic rings. The summed E-state index contributed by atoms with van der Waals surface area (Å²) in [6, 6.07) is 5.45. The number of carbonyl (C=O) groups excluding carboxylic acids is 1. The molecule has 0 saturated carbocycles. The Balaban J connectivity index is 1.87. The van der Waals surface area contributed by atoms with Gasteiger partial charge in [-0.3, -0.25) is 4.79 Å². The molecule has 24 heavy (non-hydrogen) atoms. The van der Waals surface area contributed by atoms with E-state index in [4.69, 9.17) is 14.2 Å². The van der Waals surface area contributed by atoms with Crippen molar-refractivity contribution in [3.8, 4) is 11.6 Å². The first-order valence-corrected chi connectivity index (χ1v) is 7.73. The van der Waals surface area contributed by atoms with Gasteiger partial charge in [-0.15, -0.1) is 0 Å². The van der Waals surface area contributed by atoms with E-state index in [0.29, 0.717) is 18.8 Å². The number of rotatable bonds is 5. The molecule has 126 valence electrons. The predicted octanol–water partition coefficient (Wildman–Crippen LogP) is 2.17. The second kappa shape index (κ2) is 6.88. The van der Waals surface area contributed by atoms with E-state index in [1.807, 2.05) is 18.2 Å². The maximum atomic E-state index is 11.6. The van der Waals surface area contributed by atoms with Gasteiger partial charge in [0.2, 0.25) is 5.88 Å². The van der Waals surface area contributed by atoms with Crippen LogP contribution in [0.1, 0.15) is 12.0 Å². The van der Waals surface area contributed by atoms with Crippen LogP contribution in [0.4, 0.5) is 0 Å². The van der Waals surface area contributed by atoms with Gasteiger partial charge in [-0.1, -0.05) is 12.7 Å². The first kappa shape index (κ1) is 16.3. The molecule has 1 fully saturated rings. The Morgan fingerprint density at radius 1 is 1.42 bits per heavy atom. The average molecular weight is 328 g/mol. The summed E-state index contributed by atoms with van der Waals surface area (Å²) in [5.41, 5.74) is 0.875. The van der Waals surface area contributed by atoms with Crippen molar-refractivity contribution in [3.05, 3.63) is 36.5 Å². The van der Waals surface area contributed by atoms with E-state index in [9.17, 15) is 4.79 Å². The molecule has 1 aromatic carbocycles. The van der Waals surface area contributed by atoms with Crippen molar-refractivity contribution in [3.63, 3.8) is 0 Å². The van der Waals surface area contributed by atoms with Crippen molar-refractivity contribution in [1.82, 2.24) is 10.3 Å². The highest BCUT2D eigenvalue weighted by atomic mass is 16.5. The molecule has 0 spiro atoms. The van der Waals surface area contributed by atoms with E-state index in [0.717, 1.165) is 22.1 Å². The zero-order valence-corrected chi connectivity index (χ0v) is 13.7.